The highest BCUT2D eigenvalue weighted by molar-refractivity contribution is 6.35. The van der Waals surface area contributed by atoms with Gasteiger partial charge in [0.05, 0.1) is 37.0 Å². The van der Waals surface area contributed by atoms with E-state index in [9.17, 15) is 4.79 Å². The Hall–Kier alpha value is -1.95. The van der Waals surface area contributed by atoms with Gasteiger partial charge in [0, 0.05) is 17.9 Å². The first kappa shape index (κ1) is 19.8. The highest BCUT2D eigenvalue weighted by Gasteiger charge is 2.34. The maximum atomic E-state index is 12.6. The number of nitrogens with one attached hydrogen (secondary N) is 2. The molecule has 1 aliphatic rings. The third kappa shape index (κ3) is 4.67. The van der Waals surface area contributed by atoms with Crippen molar-refractivity contribution in [2.75, 3.05) is 32.6 Å². The van der Waals surface area contributed by atoms with Crippen molar-refractivity contribution in [3.05, 3.63) is 52.0 Å². The van der Waals surface area contributed by atoms with Crippen LogP contribution in [0.25, 0.3) is 0 Å². The first-order valence-electron chi connectivity index (χ1n) is 8.83. The van der Waals surface area contributed by atoms with Gasteiger partial charge in [-0.2, -0.15) is 0 Å². The van der Waals surface area contributed by atoms with Gasteiger partial charge in [0.25, 0.3) is 5.91 Å². The van der Waals surface area contributed by atoms with Gasteiger partial charge in [-0.15, -0.1) is 0 Å². The van der Waals surface area contributed by atoms with Crippen molar-refractivity contribution < 1.29 is 19.2 Å². The lowest BCUT2D eigenvalue weighted by molar-refractivity contribution is -0.910. The van der Waals surface area contributed by atoms with Gasteiger partial charge in [0.2, 0.25) is 0 Å². The molecule has 1 fully saturated rings. The fourth-order valence-corrected chi connectivity index (χ4v) is 3.94. The predicted octanol–water partition coefficient (Wildman–Crippen LogP) is 3.37. The van der Waals surface area contributed by atoms with E-state index in [-0.39, 0.29) is 11.9 Å². The molecule has 1 aliphatic heterocycles. The van der Waals surface area contributed by atoms with E-state index in [0.29, 0.717) is 22.3 Å². The van der Waals surface area contributed by atoms with Crippen LogP contribution in [0.3, 0.4) is 0 Å². The summed E-state index contributed by atoms with van der Waals surface area (Å²) in [6.07, 6.45) is 2.04. The quantitative estimate of drug-likeness (QED) is 0.768. The molecule has 1 unspecified atom stereocenters. The number of hydrogen-bond donors (Lipinski definition) is 2. The largest absolute Gasteiger partial charge is 0.497 e. The molecule has 1 heterocycles. The van der Waals surface area contributed by atoms with E-state index in [2.05, 4.69) is 5.32 Å². The normalized spacial score (nSPS) is 19.0. The third-order valence-corrected chi connectivity index (χ3v) is 5.45. The van der Waals surface area contributed by atoms with Crippen molar-refractivity contribution in [3.8, 4) is 11.5 Å². The molecular weight excluding hydrogens is 387 g/mol. The molecule has 2 aromatic carbocycles. The summed E-state index contributed by atoms with van der Waals surface area (Å²) in [5, 5.41) is 3.87. The van der Waals surface area contributed by atoms with E-state index in [0.717, 1.165) is 36.4 Å². The first-order valence-corrected chi connectivity index (χ1v) is 9.59. The lowest BCUT2D eigenvalue weighted by Crippen LogP contribution is -3.11. The van der Waals surface area contributed by atoms with Crippen molar-refractivity contribution in [1.29, 1.82) is 0 Å². The predicted molar refractivity (Wildman–Crippen MR) is 107 cm³/mol. The SMILES string of the molecule is COc1ccc(OC)c([C@H]2CCC[NH+]2CC(=O)Nc2cc(Cl)ccc2Cl)c1. The second kappa shape index (κ2) is 8.83. The van der Waals surface area contributed by atoms with Gasteiger partial charge in [-0.3, -0.25) is 4.79 Å². The van der Waals surface area contributed by atoms with Gasteiger partial charge in [-0.05, 0) is 36.4 Å². The van der Waals surface area contributed by atoms with Crippen LogP contribution in [-0.4, -0.2) is 33.2 Å². The van der Waals surface area contributed by atoms with Crippen molar-refractivity contribution in [2.45, 2.75) is 18.9 Å². The van der Waals surface area contributed by atoms with Crippen molar-refractivity contribution in [2.24, 2.45) is 0 Å². The Morgan fingerprint density at radius 3 is 2.74 bits per heavy atom. The van der Waals surface area contributed by atoms with Crippen LogP contribution >= 0.6 is 23.2 Å². The number of anilines is 1. The minimum atomic E-state index is -0.0945. The standard InChI is InChI=1S/C20H22Cl2N2O3/c1-26-14-6-8-19(27-2)15(11-14)18-4-3-9-24(18)12-20(25)23-17-10-13(21)5-7-16(17)22/h5-8,10-11,18H,3-4,9,12H2,1-2H3,(H,23,25)/p+1/t18-/m1/s1. The van der Waals surface area contributed by atoms with Crippen molar-refractivity contribution >= 4 is 34.8 Å². The molecule has 0 bridgehead atoms. The summed E-state index contributed by atoms with van der Waals surface area (Å²) in [6, 6.07) is 11.0. The van der Waals surface area contributed by atoms with Gasteiger partial charge >= 0.3 is 0 Å². The summed E-state index contributed by atoms with van der Waals surface area (Å²) in [4.78, 5) is 13.8. The molecule has 3 rings (SSSR count). The molecule has 5 nitrogen and oxygen atoms in total. The highest BCUT2D eigenvalue weighted by Crippen LogP contribution is 2.31. The van der Waals surface area contributed by atoms with Gasteiger partial charge in [-0.25, -0.2) is 0 Å². The summed E-state index contributed by atoms with van der Waals surface area (Å²) in [5.41, 5.74) is 1.60. The van der Waals surface area contributed by atoms with Crippen LogP contribution < -0.4 is 19.7 Å². The van der Waals surface area contributed by atoms with Gasteiger partial charge in [-0.1, -0.05) is 23.2 Å². The molecule has 144 valence electrons. The van der Waals surface area contributed by atoms with Gasteiger partial charge < -0.3 is 19.7 Å². The zero-order chi connectivity index (χ0) is 19.4. The molecule has 2 aromatic rings. The molecule has 0 radical (unpaired) electrons. The number of ether oxygens (including phenoxy) is 2. The lowest BCUT2D eigenvalue weighted by atomic mass is 10.0. The number of amides is 1. The van der Waals surface area contributed by atoms with E-state index in [1.807, 2.05) is 18.2 Å². The third-order valence-electron chi connectivity index (χ3n) is 4.89. The number of halogens is 2. The van der Waals surface area contributed by atoms with Crippen LogP contribution in [0, 0.1) is 0 Å². The molecular formula is C20H23Cl2N2O3+. The minimum absolute atomic E-state index is 0.0945. The van der Waals surface area contributed by atoms with Crippen LogP contribution in [0.5, 0.6) is 11.5 Å². The second-order valence-electron chi connectivity index (χ2n) is 6.56. The van der Waals surface area contributed by atoms with E-state index >= 15 is 0 Å². The monoisotopic (exact) mass is 409 g/mol. The number of rotatable bonds is 6. The average Bonchev–Trinajstić information content (AvgIpc) is 3.11. The number of methoxy groups -OCH3 is 2. The van der Waals surface area contributed by atoms with Crippen molar-refractivity contribution in [1.82, 2.24) is 0 Å². The number of carbonyl (C=O) groups excluding carboxylic acids is 1. The molecule has 0 spiro atoms. The molecule has 0 aliphatic carbocycles. The molecule has 27 heavy (non-hydrogen) atoms. The lowest BCUT2D eigenvalue weighted by Gasteiger charge is -2.23. The Bertz CT molecular complexity index is 829. The molecule has 1 saturated heterocycles. The first-order chi connectivity index (χ1) is 13.0. The molecule has 0 saturated carbocycles. The number of quaternary nitrogens is 1. The molecule has 0 aromatic heterocycles. The smallest absolute Gasteiger partial charge is 0.279 e. The summed E-state index contributed by atoms with van der Waals surface area (Å²) in [7, 11) is 3.31. The van der Waals surface area contributed by atoms with Crippen LogP contribution in [0.1, 0.15) is 24.4 Å². The van der Waals surface area contributed by atoms with Gasteiger partial charge in [0.1, 0.15) is 17.5 Å². The van der Waals surface area contributed by atoms with E-state index < -0.39 is 0 Å². The van der Waals surface area contributed by atoms with Gasteiger partial charge in [0.15, 0.2) is 6.54 Å². The topological polar surface area (TPSA) is 52.0 Å². The van der Waals surface area contributed by atoms with Crippen LogP contribution in [0.4, 0.5) is 5.69 Å². The Morgan fingerprint density at radius 1 is 1.19 bits per heavy atom. The average molecular weight is 410 g/mol. The van der Waals surface area contributed by atoms with Crippen LogP contribution in [0.2, 0.25) is 10.0 Å². The molecule has 2 atom stereocenters. The van der Waals surface area contributed by atoms with Crippen LogP contribution in [-0.2, 0) is 4.79 Å². The highest BCUT2D eigenvalue weighted by atomic mass is 35.5. The number of likely N-dealkylation sites (tertiary alicyclic amines) is 1. The summed E-state index contributed by atoms with van der Waals surface area (Å²) < 4.78 is 10.9. The summed E-state index contributed by atoms with van der Waals surface area (Å²) in [5.74, 6) is 1.51. The molecule has 1 amide bonds. The molecule has 2 N–H and O–H groups in total. The fraction of sp³-hybridized carbons (Fsp3) is 0.350. The van der Waals surface area contributed by atoms with E-state index in [4.69, 9.17) is 32.7 Å². The van der Waals surface area contributed by atoms with E-state index in [1.165, 1.54) is 4.90 Å². The second-order valence-corrected chi connectivity index (χ2v) is 7.40. The molecule has 7 heteroatoms. The fourth-order valence-electron chi connectivity index (χ4n) is 3.60. The Morgan fingerprint density at radius 2 is 2.00 bits per heavy atom. The maximum absolute atomic E-state index is 12.6. The van der Waals surface area contributed by atoms with Crippen molar-refractivity contribution in [3.63, 3.8) is 0 Å². The summed E-state index contributed by atoms with van der Waals surface area (Å²) >= 11 is 12.1. The maximum Gasteiger partial charge on any atom is 0.279 e. The Labute approximate surface area is 169 Å². The Kier molecular flexibility index (Phi) is 6.47. The zero-order valence-corrected chi connectivity index (χ0v) is 16.9. The van der Waals surface area contributed by atoms with E-state index in [1.54, 1.807) is 32.4 Å². The minimum Gasteiger partial charge on any atom is -0.497 e. The number of carbonyl (C=O) groups is 1. The Balaban J connectivity index is 1.75. The number of hydrogen-bond acceptors (Lipinski definition) is 3. The zero-order valence-electron chi connectivity index (χ0n) is 15.4. The number of benzene rings is 2. The van der Waals surface area contributed by atoms with Crippen LogP contribution in [0.15, 0.2) is 36.4 Å². The summed E-state index contributed by atoms with van der Waals surface area (Å²) in [6.45, 7) is 1.26.